The van der Waals surface area contributed by atoms with Crippen LogP contribution in [-0.4, -0.2) is 36.4 Å². The predicted molar refractivity (Wildman–Crippen MR) is 94.9 cm³/mol. The molecule has 5 N–H and O–H groups in total. The van der Waals surface area contributed by atoms with Crippen LogP contribution >= 0.6 is 11.3 Å². The van der Waals surface area contributed by atoms with E-state index in [-0.39, 0.29) is 11.9 Å². The van der Waals surface area contributed by atoms with Gasteiger partial charge in [-0.15, -0.1) is 11.3 Å². The lowest BCUT2D eigenvalue weighted by molar-refractivity contribution is -0.119. The van der Waals surface area contributed by atoms with E-state index in [9.17, 15) is 4.79 Å². The zero-order chi connectivity index (χ0) is 17.8. The monoisotopic (exact) mass is 350 g/mol. The summed E-state index contributed by atoms with van der Waals surface area (Å²) in [6.45, 7) is 2.46. The van der Waals surface area contributed by atoms with Gasteiger partial charge in [-0.25, -0.2) is 4.98 Å². The fourth-order valence-corrected chi connectivity index (χ4v) is 2.43. The van der Waals surface area contributed by atoms with Crippen molar-refractivity contribution < 1.29 is 4.79 Å². The van der Waals surface area contributed by atoms with Gasteiger partial charge < -0.3 is 11.1 Å². The van der Waals surface area contributed by atoms with Gasteiger partial charge in [-0.2, -0.15) is 10.3 Å². The van der Waals surface area contributed by atoms with E-state index in [0.717, 1.165) is 25.0 Å². The highest BCUT2D eigenvalue weighted by atomic mass is 32.1. The molecule has 0 aliphatic rings. The molecule has 0 aromatic carbocycles. The molecule has 0 fully saturated rings. The molecular formula is C14H22N8OS. The first-order chi connectivity index (χ1) is 11.6. The van der Waals surface area contributed by atoms with E-state index < -0.39 is 0 Å². The van der Waals surface area contributed by atoms with Gasteiger partial charge in [0.2, 0.25) is 23.0 Å². The highest BCUT2D eigenvalue weighted by Gasteiger charge is 2.04. The second kappa shape index (κ2) is 11.0. The van der Waals surface area contributed by atoms with Crippen LogP contribution in [-0.2, 0) is 11.2 Å². The van der Waals surface area contributed by atoms with Crippen molar-refractivity contribution in [2.75, 3.05) is 13.6 Å². The molecule has 0 atom stereocenters. The molecule has 1 aromatic rings. The maximum absolute atomic E-state index is 11.2. The van der Waals surface area contributed by atoms with E-state index >= 15 is 0 Å². The lowest BCUT2D eigenvalue weighted by atomic mass is 10.2. The molecule has 9 nitrogen and oxygen atoms in total. The minimum Gasteiger partial charge on any atom is -0.369 e. The molecule has 0 saturated heterocycles. The maximum Gasteiger partial charge on any atom is 0.226 e. The molecule has 0 aliphatic heterocycles. The number of aliphatic imine (C=N–C) groups is 2. The highest BCUT2D eigenvalue weighted by molar-refractivity contribution is 7.13. The third-order valence-electron chi connectivity index (χ3n) is 2.89. The molecule has 0 unspecified atom stereocenters. The van der Waals surface area contributed by atoms with Crippen LogP contribution in [0.25, 0.3) is 0 Å². The van der Waals surface area contributed by atoms with E-state index in [1.165, 1.54) is 11.3 Å². The summed E-state index contributed by atoms with van der Waals surface area (Å²) >= 11 is 1.38. The first kappa shape index (κ1) is 19.4. The number of amides is 1. The van der Waals surface area contributed by atoms with Gasteiger partial charge in [-0.05, 0) is 19.3 Å². The van der Waals surface area contributed by atoms with Crippen LogP contribution in [0.15, 0.2) is 15.4 Å². The Hall–Kier alpha value is -2.67. The predicted octanol–water partition coefficient (Wildman–Crippen LogP) is 0.584. The van der Waals surface area contributed by atoms with Crippen molar-refractivity contribution >= 4 is 34.3 Å². The van der Waals surface area contributed by atoms with Gasteiger partial charge in [0, 0.05) is 25.4 Å². The molecule has 0 saturated carbocycles. The van der Waals surface area contributed by atoms with Crippen molar-refractivity contribution in [2.24, 2.45) is 15.7 Å². The molecule has 1 amide bonds. The second-order valence-corrected chi connectivity index (χ2v) is 5.55. The number of hydrogen-bond acceptors (Lipinski definition) is 6. The molecular weight excluding hydrogens is 328 g/mol. The quantitative estimate of drug-likeness (QED) is 0.186. The van der Waals surface area contributed by atoms with Crippen molar-refractivity contribution in [3.8, 4) is 6.19 Å². The van der Waals surface area contributed by atoms with Gasteiger partial charge in [0.15, 0.2) is 6.19 Å². The third-order valence-corrected chi connectivity index (χ3v) is 3.68. The van der Waals surface area contributed by atoms with E-state index in [2.05, 4.69) is 30.9 Å². The number of guanidine groups is 2. The average Bonchev–Trinajstić information content (AvgIpc) is 3.00. The summed E-state index contributed by atoms with van der Waals surface area (Å²) in [7, 11) is 1.61. The fourth-order valence-electron chi connectivity index (χ4n) is 1.69. The first-order valence-electron chi connectivity index (χ1n) is 7.53. The molecule has 0 aliphatic carbocycles. The maximum atomic E-state index is 11.2. The Balaban J connectivity index is 2.33. The summed E-state index contributed by atoms with van der Waals surface area (Å²) in [5.74, 6) is 0.345. The van der Waals surface area contributed by atoms with Gasteiger partial charge in [0.25, 0.3) is 0 Å². The lowest BCUT2D eigenvalue weighted by Gasteiger charge is -2.05. The Labute approximate surface area is 145 Å². The lowest BCUT2D eigenvalue weighted by Crippen LogP contribution is -2.35. The molecule has 130 valence electrons. The number of carbonyl (C=O) groups is 1. The summed E-state index contributed by atoms with van der Waals surface area (Å²) in [5.41, 5.74) is 6.57. The summed E-state index contributed by atoms with van der Waals surface area (Å²) in [4.78, 5) is 23.5. The summed E-state index contributed by atoms with van der Waals surface area (Å²) in [6, 6.07) is 0. The molecule has 0 spiro atoms. The van der Waals surface area contributed by atoms with Crippen LogP contribution in [0.5, 0.6) is 0 Å². The number of nitrogens with zero attached hydrogens (tertiary/aromatic N) is 4. The number of carbonyl (C=O) groups excluding carboxylic acids is 1. The second-order valence-electron chi connectivity index (χ2n) is 4.71. The topological polar surface area (TPSA) is 141 Å². The number of nitrogens with two attached hydrogens (primary N) is 1. The molecule has 1 rings (SSSR count). The van der Waals surface area contributed by atoms with Crippen LogP contribution in [0.3, 0.4) is 0 Å². The van der Waals surface area contributed by atoms with Crippen LogP contribution in [0.1, 0.15) is 31.9 Å². The minimum atomic E-state index is -0.179. The van der Waals surface area contributed by atoms with E-state index in [4.69, 9.17) is 11.0 Å². The molecule has 10 heteroatoms. The number of aryl methyl sites for hydroxylation is 1. The van der Waals surface area contributed by atoms with E-state index in [1.807, 2.05) is 11.6 Å². The normalized spacial score (nSPS) is 11.7. The zero-order valence-corrected chi connectivity index (χ0v) is 14.6. The van der Waals surface area contributed by atoms with Gasteiger partial charge >= 0.3 is 0 Å². The van der Waals surface area contributed by atoms with Crippen molar-refractivity contribution in [1.82, 2.24) is 20.9 Å². The number of nitriles is 1. The highest BCUT2D eigenvalue weighted by Crippen LogP contribution is 2.19. The van der Waals surface area contributed by atoms with Crippen LogP contribution in [0.4, 0.5) is 5.13 Å². The van der Waals surface area contributed by atoms with E-state index in [1.54, 1.807) is 14.0 Å². The van der Waals surface area contributed by atoms with Gasteiger partial charge in [0.05, 0.1) is 5.69 Å². The standard InChI is InChI=1S/C14H22N8OS/c1-3-11(23)21-12(16)22-14-20-10(8-24-14)6-4-5-7-18-13(17-2)19-9-15/h8H,3-7H2,1-2H3,(H2,17,18,19)(H3,16,20,21,22,23). The summed E-state index contributed by atoms with van der Waals surface area (Å²) in [5, 5.41) is 18.9. The summed E-state index contributed by atoms with van der Waals surface area (Å²) in [6.07, 6.45) is 4.84. The van der Waals surface area contributed by atoms with Gasteiger partial charge in [-0.1, -0.05) is 6.92 Å². The number of unbranched alkanes of at least 4 members (excludes halogenated alkanes) is 1. The Morgan fingerprint density at radius 3 is 2.96 bits per heavy atom. The average molecular weight is 350 g/mol. The third kappa shape index (κ3) is 7.55. The number of aromatic nitrogens is 1. The largest absolute Gasteiger partial charge is 0.369 e. The van der Waals surface area contributed by atoms with Crippen molar-refractivity contribution in [2.45, 2.75) is 32.6 Å². The summed E-state index contributed by atoms with van der Waals surface area (Å²) < 4.78 is 0. The Bertz CT molecular complexity index is 631. The molecule has 1 heterocycles. The smallest absolute Gasteiger partial charge is 0.226 e. The Morgan fingerprint density at radius 2 is 2.29 bits per heavy atom. The Kier molecular flexibility index (Phi) is 8.85. The van der Waals surface area contributed by atoms with Crippen molar-refractivity contribution in [3.05, 3.63) is 11.1 Å². The van der Waals surface area contributed by atoms with Crippen LogP contribution in [0, 0.1) is 11.5 Å². The first-order valence-corrected chi connectivity index (χ1v) is 8.41. The Morgan fingerprint density at radius 1 is 1.50 bits per heavy atom. The fraction of sp³-hybridized carbons (Fsp3) is 0.500. The molecule has 0 radical (unpaired) electrons. The molecule has 1 aromatic heterocycles. The van der Waals surface area contributed by atoms with Crippen molar-refractivity contribution in [3.63, 3.8) is 0 Å². The zero-order valence-electron chi connectivity index (χ0n) is 13.8. The minimum absolute atomic E-state index is 0.0586. The van der Waals surface area contributed by atoms with E-state index in [0.29, 0.717) is 24.1 Å². The van der Waals surface area contributed by atoms with Gasteiger partial charge in [-0.3, -0.25) is 20.4 Å². The number of thiazole rings is 1. The number of rotatable bonds is 7. The van der Waals surface area contributed by atoms with Gasteiger partial charge in [0.1, 0.15) is 0 Å². The number of hydrogen-bond donors (Lipinski definition) is 4. The molecule has 24 heavy (non-hydrogen) atoms. The molecule has 0 bridgehead atoms. The van der Waals surface area contributed by atoms with Crippen LogP contribution < -0.4 is 21.7 Å². The SMILES string of the molecule is CCC(=O)N/C(N)=N\c1nc(CCCCNC(=NC)NC#N)cs1. The van der Waals surface area contributed by atoms with Crippen molar-refractivity contribution in [1.29, 1.82) is 5.26 Å². The number of nitrogens with one attached hydrogen (secondary N) is 3. The van der Waals surface area contributed by atoms with Crippen LogP contribution in [0.2, 0.25) is 0 Å².